The summed E-state index contributed by atoms with van der Waals surface area (Å²) in [6.45, 7) is 0. The summed E-state index contributed by atoms with van der Waals surface area (Å²) in [7, 11) is 1.81. The largest absolute Gasteiger partial charge is 0.315 e. The Labute approximate surface area is 83.0 Å². The summed E-state index contributed by atoms with van der Waals surface area (Å²) in [5.74, 6) is 0.138. The minimum absolute atomic E-state index is 0.0555. The minimum Gasteiger partial charge on any atom is -0.315 e. The number of rotatable bonds is 0. The van der Waals surface area contributed by atoms with Crippen LogP contribution >= 0.6 is 12.6 Å². The number of nitrogens with zero attached hydrogens (tertiary/aromatic N) is 1. The second-order valence-electron chi connectivity index (χ2n) is 3.23. The number of fused-ring (bicyclic) bond motifs is 1. The maximum atomic E-state index is 11.4. The molecule has 3 heteroatoms. The first kappa shape index (κ1) is 8.63. The van der Waals surface area contributed by atoms with E-state index in [4.69, 9.17) is 0 Å². The van der Waals surface area contributed by atoms with Gasteiger partial charge in [-0.2, -0.15) is 12.6 Å². The van der Waals surface area contributed by atoms with Crippen molar-refractivity contribution in [2.24, 2.45) is 0 Å². The van der Waals surface area contributed by atoms with Gasteiger partial charge in [0.15, 0.2) is 0 Å². The van der Waals surface area contributed by atoms with Crippen LogP contribution in [0.25, 0.3) is 0 Å². The molecule has 0 spiro atoms. The summed E-state index contributed by atoms with van der Waals surface area (Å²) in [6.07, 6.45) is 0.497. The second kappa shape index (κ2) is 3.07. The number of carbonyl (C=O) groups excluding carboxylic acids is 1. The summed E-state index contributed by atoms with van der Waals surface area (Å²) >= 11 is 4.39. The molecular formula is C10H11NOS. The van der Waals surface area contributed by atoms with E-state index in [0.717, 1.165) is 11.3 Å². The monoisotopic (exact) mass is 193 g/mol. The van der Waals surface area contributed by atoms with Crippen molar-refractivity contribution in [1.82, 2.24) is 0 Å². The quantitative estimate of drug-likeness (QED) is 0.625. The Morgan fingerprint density at radius 3 is 2.92 bits per heavy atom. The van der Waals surface area contributed by atoms with Crippen molar-refractivity contribution in [3.63, 3.8) is 0 Å². The van der Waals surface area contributed by atoms with Gasteiger partial charge in [0.05, 0.1) is 0 Å². The molecule has 0 radical (unpaired) electrons. The number of anilines is 1. The zero-order valence-electron chi connectivity index (χ0n) is 7.40. The number of thiol groups is 1. The predicted octanol–water partition coefficient (Wildman–Crippen LogP) is 2.02. The van der Waals surface area contributed by atoms with Gasteiger partial charge in [0.25, 0.3) is 0 Å². The molecule has 0 saturated heterocycles. The van der Waals surface area contributed by atoms with Crippen LogP contribution in [0.15, 0.2) is 24.3 Å². The highest BCUT2D eigenvalue weighted by molar-refractivity contribution is 7.80. The third kappa shape index (κ3) is 1.33. The molecule has 1 atom stereocenters. The van der Waals surface area contributed by atoms with Crippen molar-refractivity contribution in [2.45, 2.75) is 11.7 Å². The molecule has 1 unspecified atom stereocenters. The molecule has 1 aromatic carbocycles. The number of amides is 1. The number of carbonyl (C=O) groups is 1. The summed E-state index contributed by atoms with van der Waals surface area (Å²) < 4.78 is 0. The first-order chi connectivity index (χ1) is 6.20. The molecule has 0 aliphatic carbocycles. The molecule has 2 nitrogen and oxygen atoms in total. The van der Waals surface area contributed by atoms with E-state index in [0.29, 0.717) is 6.42 Å². The van der Waals surface area contributed by atoms with E-state index < -0.39 is 0 Å². The van der Waals surface area contributed by atoms with Crippen molar-refractivity contribution in [2.75, 3.05) is 11.9 Å². The maximum Gasteiger partial charge on any atom is 0.228 e. The zero-order chi connectivity index (χ0) is 9.42. The van der Waals surface area contributed by atoms with Crippen LogP contribution in [-0.4, -0.2) is 13.0 Å². The first-order valence-electron chi connectivity index (χ1n) is 4.23. The highest BCUT2D eigenvalue weighted by atomic mass is 32.1. The lowest BCUT2D eigenvalue weighted by molar-refractivity contribution is -0.118. The predicted molar refractivity (Wildman–Crippen MR) is 56.2 cm³/mol. The van der Waals surface area contributed by atoms with Gasteiger partial charge in [-0.05, 0) is 11.6 Å². The topological polar surface area (TPSA) is 20.3 Å². The molecule has 2 rings (SSSR count). The van der Waals surface area contributed by atoms with Gasteiger partial charge in [-0.25, -0.2) is 0 Å². The highest BCUT2D eigenvalue weighted by Crippen LogP contribution is 2.36. The van der Waals surface area contributed by atoms with E-state index in [-0.39, 0.29) is 11.2 Å². The van der Waals surface area contributed by atoms with Crippen molar-refractivity contribution in [1.29, 1.82) is 0 Å². The molecule has 1 heterocycles. The van der Waals surface area contributed by atoms with E-state index in [1.54, 1.807) is 11.9 Å². The number of benzene rings is 1. The Kier molecular flexibility index (Phi) is 2.04. The minimum atomic E-state index is 0.0555. The van der Waals surface area contributed by atoms with Crippen LogP contribution in [0.2, 0.25) is 0 Å². The smallest absolute Gasteiger partial charge is 0.228 e. The van der Waals surface area contributed by atoms with E-state index >= 15 is 0 Å². The standard InChI is InChI=1S/C10H11NOS/c1-11-8-5-3-2-4-7(8)9(13)6-10(11)12/h2-5,9,13H,6H2,1H3. The van der Waals surface area contributed by atoms with Crippen LogP contribution in [0.3, 0.4) is 0 Å². The molecule has 0 bridgehead atoms. The average molecular weight is 193 g/mol. The van der Waals surface area contributed by atoms with Crippen LogP contribution in [0.5, 0.6) is 0 Å². The second-order valence-corrected chi connectivity index (χ2v) is 3.85. The van der Waals surface area contributed by atoms with E-state index in [1.807, 2.05) is 24.3 Å². The third-order valence-electron chi connectivity index (χ3n) is 2.40. The van der Waals surface area contributed by atoms with Crippen LogP contribution < -0.4 is 4.90 Å². The molecule has 0 aromatic heterocycles. The molecule has 0 fully saturated rings. The summed E-state index contributed by atoms with van der Waals surface area (Å²) in [5, 5.41) is 0.0555. The van der Waals surface area contributed by atoms with Crippen molar-refractivity contribution in [3.05, 3.63) is 29.8 Å². The molecule has 0 N–H and O–H groups in total. The number of hydrogen-bond acceptors (Lipinski definition) is 2. The summed E-state index contributed by atoms with van der Waals surface area (Å²) in [5.41, 5.74) is 2.13. The Morgan fingerprint density at radius 2 is 2.15 bits per heavy atom. The fourth-order valence-electron chi connectivity index (χ4n) is 1.62. The van der Waals surface area contributed by atoms with Gasteiger partial charge < -0.3 is 4.90 Å². The molecule has 1 aromatic rings. The van der Waals surface area contributed by atoms with Gasteiger partial charge in [-0.3, -0.25) is 4.79 Å². The highest BCUT2D eigenvalue weighted by Gasteiger charge is 2.25. The molecule has 1 aliphatic heterocycles. The maximum absolute atomic E-state index is 11.4. The molecule has 1 amide bonds. The van der Waals surface area contributed by atoms with Crippen molar-refractivity contribution >= 4 is 24.2 Å². The Bertz CT molecular complexity index is 351. The lowest BCUT2D eigenvalue weighted by Crippen LogP contribution is -2.31. The van der Waals surface area contributed by atoms with Gasteiger partial charge in [0, 0.05) is 24.4 Å². The SMILES string of the molecule is CN1C(=O)CC(S)c2ccccc21. The van der Waals surface area contributed by atoms with Crippen LogP contribution in [-0.2, 0) is 4.79 Å². The van der Waals surface area contributed by atoms with E-state index in [9.17, 15) is 4.79 Å². The van der Waals surface area contributed by atoms with E-state index in [2.05, 4.69) is 12.6 Å². The fourth-order valence-corrected chi connectivity index (χ4v) is 2.00. The van der Waals surface area contributed by atoms with Crippen LogP contribution in [0.1, 0.15) is 17.2 Å². The average Bonchev–Trinajstić information content (AvgIpc) is 2.15. The van der Waals surface area contributed by atoms with Crippen LogP contribution in [0, 0.1) is 0 Å². The molecule has 0 saturated carbocycles. The molecular weight excluding hydrogens is 182 g/mol. The fraction of sp³-hybridized carbons (Fsp3) is 0.300. The zero-order valence-corrected chi connectivity index (χ0v) is 8.29. The Balaban J connectivity index is 2.53. The lowest BCUT2D eigenvalue weighted by atomic mass is 10.0. The summed E-state index contributed by atoms with van der Waals surface area (Å²) in [4.78, 5) is 13.1. The third-order valence-corrected chi connectivity index (χ3v) is 2.86. The van der Waals surface area contributed by atoms with Gasteiger partial charge >= 0.3 is 0 Å². The van der Waals surface area contributed by atoms with Crippen molar-refractivity contribution < 1.29 is 4.79 Å². The first-order valence-corrected chi connectivity index (χ1v) is 4.75. The summed E-state index contributed by atoms with van der Waals surface area (Å²) in [6, 6.07) is 7.89. The Morgan fingerprint density at radius 1 is 1.46 bits per heavy atom. The molecule has 68 valence electrons. The number of para-hydroxylation sites is 1. The number of hydrogen-bond donors (Lipinski definition) is 1. The van der Waals surface area contributed by atoms with Crippen molar-refractivity contribution in [3.8, 4) is 0 Å². The molecule has 1 aliphatic rings. The molecule has 13 heavy (non-hydrogen) atoms. The van der Waals surface area contributed by atoms with Gasteiger partial charge in [-0.1, -0.05) is 18.2 Å². The van der Waals surface area contributed by atoms with Gasteiger partial charge in [-0.15, -0.1) is 0 Å². The normalized spacial score (nSPS) is 21.5. The van der Waals surface area contributed by atoms with Gasteiger partial charge in [0.1, 0.15) is 0 Å². The van der Waals surface area contributed by atoms with E-state index in [1.165, 1.54) is 0 Å². The lowest BCUT2D eigenvalue weighted by Gasteiger charge is -2.29. The van der Waals surface area contributed by atoms with Crippen LogP contribution in [0.4, 0.5) is 5.69 Å². The Hall–Kier alpha value is -0.960. The van der Waals surface area contributed by atoms with Gasteiger partial charge in [0.2, 0.25) is 5.91 Å².